The Balaban J connectivity index is 1.29. The molecule has 2 aliphatic rings. The molecule has 2 saturated heterocycles. The second-order valence-electron chi connectivity index (χ2n) is 10.5. The number of carbonyl (C=O) groups excluding carboxylic acids is 2. The third-order valence-corrected chi connectivity index (χ3v) is 7.68. The Labute approximate surface area is 225 Å². The maximum absolute atomic E-state index is 13.4. The van der Waals surface area contributed by atoms with Crippen LogP contribution in [-0.2, 0) is 4.74 Å². The van der Waals surface area contributed by atoms with Gasteiger partial charge in [0.05, 0.1) is 18.8 Å². The zero-order valence-electron chi connectivity index (χ0n) is 22.2. The van der Waals surface area contributed by atoms with Gasteiger partial charge >= 0.3 is 0 Å². The lowest BCUT2D eigenvalue weighted by atomic mass is 9.97. The van der Waals surface area contributed by atoms with Gasteiger partial charge in [0.1, 0.15) is 0 Å². The van der Waals surface area contributed by atoms with Crippen molar-refractivity contribution in [2.45, 2.75) is 26.2 Å². The van der Waals surface area contributed by atoms with E-state index < -0.39 is 0 Å². The van der Waals surface area contributed by atoms with E-state index in [1.165, 1.54) is 0 Å². The van der Waals surface area contributed by atoms with Gasteiger partial charge in [0.25, 0.3) is 11.8 Å². The summed E-state index contributed by atoms with van der Waals surface area (Å²) in [6, 6.07) is 19.4. The first-order valence-corrected chi connectivity index (χ1v) is 13.8. The average molecular weight is 515 g/mol. The molecule has 0 atom stereocenters. The zero-order chi connectivity index (χ0) is 26.3. The minimum Gasteiger partial charge on any atom is -0.379 e. The minimum atomic E-state index is -0.188. The van der Waals surface area contributed by atoms with Crippen molar-refractivity contribution in [2.24, 2.45) is 5.92 Å². The smallest absolute Gasteiger partial charge is 0.255 e. The number of piperidine rings is 1. The Bertz CT molecular complexity index is 1260. The van der Waals surface area contributed by atoms with Crippen LogP contribution >= 0.6 is 0 Å². The highest BCUT2D eigenvalue weighted by molar-refractivity contribution is 6.08. The van der Waals surface area contributed by atoms with E-state index in [0.717, 1.165) is 81.7 Å². The van der Waals surface area contributed by atoms with E-state index in [4.69, 9.17) is 4.74 Å². The molecule has 0 radical (unpaired) electrons. The lowest BCUT2D eigenvalue weighted by Crippen LogP contribution is -2.38. The van der Waals surface area contributed by atoms with Crippen LogP contribution in [0.4, 0.5) is 11.4 Å². The summed E-state index contributed by atoms with van der Waals surface area (Å²) in [7, 11) is 0. The van der Waals surface area contributed by atoms with Crippen LogP contribution < -0.4 is 15.5 Å². The van der Waals surface area contributed by atoms with E-state index in [2.05, 4.69) is 27.4 Å². The molecule has 0 unspecified atom stereocenters. The van der Waals surface area contributed by atoms with Gasteiger partial charge < -0.3 is 20.3 Å². The first kappa shape index (κ1) is 26.2. The molecule has 38 heavy (non-hydrogen) atoms. The topological polar surface area (TPSA) is 73.9 Å². The van der Waals surface area contributed by atoms with Gasteiger partial charge in [-0.25, -0.2) is 0 Å². The molecule has 2 N–H and O–H groups in total. The minimum absolute atomic E-state index is 0.0950. The number of anilines is 2. The highest BCUT2D eigenvalue weighted by Gasteiger charge is 2.22. The summed E-state index contributed by atoms with van der Waals surface area (Å²) in [6.45, 7) is 9.16. The number of nitrogens with one attached hydrogen (secondary N) is 2. The van der Waals surface area contributed by atoms with Gasteiger partial charge in [-0.3, -0.25) is 14.5 Å². The van der Waals surface area contributed by atoms with E-state index in [1.807, 2.05) is 60.7 Å². The predicted molar refractivity (Wildman–Crippen MR) is 153 cm³/mol. The number of hydrogen-bond donors (Lipinski definition) is 2. The summed E-state index contributed by atoms with van der Waals surface area (Å²) < 4.78 is 5.42. The van der Waals surface area contributed by atoms with Gasteiger partial charge in [-0.1, -0.05) is 37.3 Å². The number of amides is 2. The Hall–Kier alpha value is -3.42. The van der Waals surface area contributed by atoms with Gasteiger partial charge in [0.2, 0.25) is 0 Å². The van der Waals surface area contributed by atoms with Crippen molar-refractivity contribution >= 4 is 34.0 Å². The second-order valence-corrected chi connectivity index (χ2v) is 10.5. The van der Waals surface area contributed by atoms with Gasteiger partial charge in [-0.2, -0.15) is 0 Å². The second kappa shape index (κ2) is 12.4. The standard InChI is InChI=1S/C31H38N4O3/c1-23-11-15-35(16-12-23)29-10-9-27(33-30(36)26-8-7-24-5-2-3-6-25(24)21-26)22-28(29)31(37)32-13-4-14-34-17-19-38-20-18-34/h2-3,5-10,21-23H,4,11-20H2,1H3,(H,32,37)(H,33,36). The first-order chi connectivity index (χ1) is 18.6. The molecule has 3 aromatic rings. The van der Waals surface area contributed by atoms with Crippen molar-refractivity contribution in [1.29, 1.82) is 0 Å². The number of carbonyl (C=O) groups is 2. The maximum Gasteiger partial charge on any atom is 0.255 e. The molecule has 0 bridgehead atoms. The largest absolute Gasteiger partial charge is 0.379 e. The first-order valence-electron chi connectivity index (χ1n) is 13.8. The molecule has 5 rings (SSSR count). The normalized spacial score (nSPS) is 16.9. The van der Waals surface area contributed by atoms with Crippen LogP contribution in [0.15, 0.2) is 60.7 Å². The summed E-state index contributed by atoms with van der Waals surface area (Å²) in [6.07, 6.45) is 3.11. The molecule has 0 spiro atoms. The zero-order valence-corrected chi connectivity index (χ0v) is 22.2. The van der Waals surface area contributed by atoms with Gasteiger partial charge in [0.15, 0.2) is 0 Å². The van der Waals surface area contributed by atoms with Crippen molar-refractivity contribution in [1.82, 2.24) is 10.2 Å². The SMILES string of the molecule is CC1CCN(c2ccc(NC(=O)c3ccc4ccccc4c3)cc2C(=O)NCCCN2CCOCC2)CC1. The lowest BCUT2D eigenvalue weighted by Gasteiger charge is -2.33. The molecule has 7 heteroatoms. The van der Waals surface area contributed by atoms with Crippen molar-refractivity contribution in [3.8, 4) is 0 Å². The fraction of sp³-hybridized carbons (Fsp3) is 0.419. The predicted octanol–water partition coefficient (Wildman–Crippen LogP) is 4.78. The van der Waals surface area contributed by atoms with Crippen LogP contribution in [0.2, 0.25) is 0 Å². The Morgan fingerprint density at radius 3 is 2.45 bits per heavy atom. The van der Waals surface area contributed by atoms with E-state index in [0.29, 0.717) is 29.3 Å². The Morgan fingerprint density at radius 2 is 1.66 bits per heavy atom. The Morgan fingerprint density at radius 1 is 0.895 bits per heavy atom. The molecule has 2 heterocycles. The van der Waals surface area contributed by atoms with E-state index in [1.54, 1.807) is 0 Å². The third kappa shape index (κ3) is 6.52. The molecule has 3 aromatic carbocycles. The number of benzene rings is 3. The number of nitrogens with zero attached hydrogens (tertiary/aromatic N) is 2. The van der Waals surface area contributed by atoms with Crippen LogP contribution in [0.5, 0.6) is 0 Å². The molecular weight excluding hydrogens is 476 g/mol. The fourth-order valence-corrected chi connectivity index (χ4v) is 5.28. The molecule has 2 fully saturated rings. The van der Waals surface area contributed by atoms with E-state index >= 15 is 0 Å². The van der Waals surface area contributed by atoms with Crippen LogP contribution in [0.1, 0.15) is 46.9 Å². The summed E-state index contributed by atoms with van der Waals surface area (Å²) in [4.78, 5) is 31.2. The Kier molecular flexibility index (Phi) is 8.56. The maximum atomic E-state index is 13.4. The van der Waals surface area contributed by atoms with Crippen molar-refractivity contribution < 1.29 is 14.3 Å². The number of rotatable bonds is 8. The molecule has 0 aromatic heterocycles. The van der Waals surface area contributed by atoms with Gasteiger partial charge in [-0.15, -0.1) is 0 Å². The molecule has 2 amide bonds. The number of fused-ring (bicyclic) bond motifs is 1. The summed E-state index contributed by atoms with van der Waals surface area (Å²) in [5, 5.41) is 8.25. The molecule has 0 saturated carbocycles. The quantitative estimate of drug-likeness (QED) is 0.423. The number of hydrogen-bond acceptors (Lipinski definition) is 5. The van der Waals surface area contributed by atoms with Crippen LogP contribution in [0.3, 0.4) is 0 Å². The van der Waals surface area contributed by atoms with Crippen molar-refractivity contribution in [3.63, 3.8) is 0 Å². The highest BCUT2D eigenvalue weighted by atomic mass is 16.5. The highest BCUT2D eigenvalue weighted by Crippen LogP contribution is 2.29. The molecule has 2 aliphatic heterocycles. The number of ether oxygens (including phenoxy) is 1. The van der Waals surface area contributed by atoms with Crippen LogP contribution in [0.25, 0.3) is 10.8 Å². The summed E-state index contributed by atoms with van der Waals surface area (Å²) in [5.74, 6) is 0.416. The molecular formula is C31H38N4O3. The average Bonchev–Trinajstić information content (AvgIpc) is 2.96. The lowest BCUT2D eigenvalue weighted by molar-refractivity contribution is 0.0374. The number of morpholine rings is 1. The van der Waals surface area contributed by atoms with E-state index in [-0.39, 0.29) is 11.8 Å². The summed E-state index contributed by atoms with van der Waals surface area (Å²) >= 11 is 0. The van der Waals surface area contributed by atoms with Crippen molar-refractivity contribution in [2.75, 3.05) is 62.7 Å². The van der Waals surface area contributed by atoms with Crippen molar-refractivity contribution in [3.05, 3.63) is 71.8 Å². The molecule has 0 aliphatic carbocycles. The summed E-state index contributed by atoms with van der Waals surface area (Å²) in [5.41, 5.74) is 2.76. The van der Waals surface area contributed by atoms with Gasteiger partial charge in [0, 0.05) is 49.7 Å². The van der Waals surface area contributed by atoms with E-state index in [9.17, 15) is 9.59 Å². The molecule has 7 nitrogen and oxygen atoms in total. The van der Waals surface area contributed by atoms with Crippen LogP contribution in [-0.4, -0.2) is 69.2 Å². The third-order valence-electron chi connectivity index (χ3n) is 7.68. The fourth-order valence-electron chi connectivity index (χ4n) is 5.28. The monoisotopic (exact) mass is 514 g/mol. The van der Waals surface area contributed by atoms with Gasteiger partial charge in [-0.05, 0) is 72.8 Å². The van der Waals surface area contributed by atoms with Crippen LogP contribution in [0, 0.1) is 5.92 Å². The molecule has 200 valence electrons.